The molecule has 0 atom stereocenters. The molecule has 1 rings (SSSR count). The molecule has 0 saturated heterocycles. The molecular formula is C11H10BrNO. The highest BCUT2D eigenvalue weighted by Crippen LogP contribution is 2.22. The van der Waals surface area contributed by atoms with Crippen molar-refractivity contribution in [3.05, 3.63) is 40.4 Å². The lowest BCUT2D eigenvalue weighted by Gasteiger charge is -2.03. The summed E-state index contributed by atoms with van der Waals surface area (Å²) in [6.07, 6.45) is 3.85. The van der Waals surface area contributed by atoms with Crippen LogP contribution < -0.4 is 4.74 Å². The number of halogens is 1. The molecule has 1 aromatic carbocycles. The number of hydrogen-bond donors (Lipinski definition) is 0. The van der Waals surface area contributed by atoms with Gasteiger partial charge >= 0.3 is 0 Å². The molecule has 0 aliphatic rings. The molecule has 72 valence electrons. The molecule has 0 heterocycles. The molecule has 2 nitrogen and oxygen atoms in total. The predicted octanol–water partition coefficient (Wildman–Crippen LogP) is 3.28. The van der Waals surface area contributed by atoms with Gasteiger partial charge in [-0.2, -0.15) is 5.26 Å². The van der Waals surface area contributed by atoms with Gasteiger partial charge in [0, 0.05) is 4.47 Å². The number of allylic oxidation sites excluding steroid dienone is 1. The third-order valence-corrected chi connectivity index (χ3v) is 2.30. The van der Waals surface area contributed by atoms with Gasteiger partial charge in [-0.1, -0.05) is 12.2 Å². The second-order valence-corrected chi connectivity index (χ2v) is 3.49. The Morgan fingerprint density at radius 3 is 2.93 bits per heavy atom. The third-order valence-electron chi connectivity index (χ3n) is 1.64. The van der Waals surface area contributed by atoms with Crippen LogP contribution in [0.5, 0.6) is 5.75 Å². The van der Waals surface area contributed by atoms with E-state index in [0.29, 0.717) is 12.2 Å². The number of nitriles is 1. The van der Waals surface area contributed by atoms with Crippen LogP contribution in [0.1, 0.15) is 12.5 Å². The average Bonchev–Trinajstić information content (AvgIpc) is 2.18. The summed E-state index contributed by atoms with van der Waals surface area (Å²) in [7, 11) is 0. The fourth-order valence-corrected chi connectivity index (χ4v) is 1.36. The van der Waals surface area contributed by atoms with Crippen molar-refractivity contribution < 1.29 is 4.74 Å². The number of benzene rings is 1. The van der Waals surface area contributed by atoms with E-state index in [4.69, 9.17) is 10.00 Å². The van der Waals surface area contributed by atoms with E-state index in [1.54, 1.807) is 18.2 Å². The second kappa shape index (κ2) is 5.46. The van der Waals surface area contributed by atoms with Crippen molar-refractivity contribution in [3.63, 3.8) is 0 Å². The van der Waals surface area contributed by atoms with Crippen molar-refractivity contribution in [2.24, 2.45) is 0 Å². The highest BCUT2D eigenvalue weighted by Gasteiger charge is 2.00. The zero-order chi connectivity index (χ0) is 10.4. The van der Waals surface area contributed by atoms with Crippen LogP contribution in [-0.4, -0.2) is 6.61 Å². The Labute approximate surface area is 91.9 Å². The van der Waals surface area contributed by atoms with Crippen molar-refractivity contribution in [1.82, 2.24) is 0 Å². The van der Waals surface area contributed by atoms with Gasteiger partial charge in [-0.3, -0.25) is 0 Å². The average molecular weight is 252 g/mol. The Morgan fingerprint density at radius 1 is 1.57 bits per heavy atom. The molecular weight excluding hydrogens is 242 g/mol. The maximum absolute atomic E-state index is 8.69. The number of hydrogen-bond acceptors (Lipinski definition) is 2. The largest absolute Gasteiger partial charge is 0.490 e. The van der Waals surface area contributed by atoms with Gasteiger partial charge in [0.2, 0.25) is 0 Å². The maximum atomic E-state index is 8.69. The molecule has 0 amide bonds. The van der Waals surface area contributed by atoms with E-state index in [2.05, 4.69) is 22.0 Å². The number of ether oxygens (including phenoxy) is 1. The van der Waals surface area contributed by atoms with Crippen LogP contribution in [0.15, 0.2) is 34.8 Å². The van der Waals surface area contributed by atoms with Crippen molar-refractivity contribution >= 4 is 15.9 Å². The highest BCUT2D eigenvalue weighted by atomic mass is 79.9. The predicted molar refractivity (Wildman–Crippen MR) is 59.2 cm³/mol. The molecule has 0 N–H and O–H groups in total. The van der Waals surface area contributed by atoms with Crippen molar-refractivity contribution in [2.45, 2.75) is 6.92 Å². The molecule has 0 spiro atoms. The molecule has 0 fully saturated rings. The van der Waals surface area contributed by atoms with Crippen LogP contribution in [-0.2, 0) is 0 Å². The van der Waals surface area contributed by atoms with Crippen LogP contribution in [0.4, 0.5) is 0 Å². The summed E-state index contributed by atoms with van der Waals surface area (Å²) in [4.78, 5) is 0. The Kier molecular flexibility index (Phi) is 4.21. The lowest BCUT2D eigenvalue weighted by atomic mass is 10.2. The lowest BCUT2D eigenvalue weighted by Crippen LogP contribution is -1.93. The van der Waals surface area contributed by atoms with Gasteiger partial charge in [0.05, 0.1) is 5.56 Å². The SMILES string of the molecule is C/C=C/COc1ccc(C#N)c(Br)c1. The molecule has 0 unspecified atom stereocenters. The zero-order valence-electron chi connectivity index (χ0n) is 7.83. The van der Waals surface area contributed by atoms with Gasteiger partial charge < -0.3 is 4.74 Å². The molecule has 0 radical (unpaired) electrons. The molecule has 1 aromatic rings. The summed E-state index contributed by atoms with van der Waals surface area (Å²) in [5.74, 6) is 0.758. The van der Waals surface area contributed by atoms with Crippen LogP contribution in [0.3, 0.4) is 0 Å². The summed E-state index contributed by atoms with van der Waals surface area (Å²) in [6.45, 7) is 2.49. The van der Waals surface area contributed by atoms with E-state index in [1.807, 2.05) is 19.1 Å². The normalized spacial score (nSPS) is 10.1. The number of nitrogens with zero attached hydrogens (tertiary/aromatic N) is 1. The first kappa shape index (κ1) is 10.8. The minimum absolute atomic E-state index is 0.550. The number of rotatable bonds is 3. The van der Waals surface area contributed by atoms with E-state index >= 15 is 0 Å². The quantitative estimate of drug-likeness (QED) is 0.773. The van der Waals surface area contributed by atoms with E-state index in [0.717, 1.165) is 10.2 Å². The first-order valence-corrected chi connectivity index (χ1v) is 5.01. The molecule has 0 aromatic heterocycles. The molecule has 0 bridgehead atoms. The minimum Gasteiger partial charge on any atom is -0.490 e. The summed E-state index contributed by atoms with van der Waals surface area (Å²) in [5, 5.41) is 8.69. The summed E-state index contributed by atoms with van der Waals surface area (Å²) >= 11 is 3.30. The zero-order valence-corrected chi connectivity index (χ0v) is 9.41. The Bertz CT molecular complexity index is 379. The first-order chi connectivity index (χ1) is 6.77. The van der Waals surface area contributed by atoms with Gasteiger partial charge in [0.25, 0.3) is 0 Å². The molecule has 0 saturated carbocycles. The van der Waals surface area contributed by atoms with Crippen LogP contribution in [0.25, 0.3) is 0 Å². The van der Waals surface area contributed by atoms with E-state index in [-0.39, 0.29) is 0 Å². The van der Waals surface area contributed by atoms with Gasteiger partial charge in [0.15, 0.2) is 0 Å². The maximum Gasteiger partial charge on any atom is 0.120 e. The minimum atomic E-state index is 0.550. The molecule has 14 heavy (non-hydrogen) atoms. The van der Waals surface area contributed by atoms with Gasteiger partial charge in [-0.25, -0.2) is 0 Å². The monoisotopic (exact) mass is 251 g/mol. The van der Waals surface area contributed by atoms with Crippen molar-refractivity contribution in [3.8, 4) is 11.8 Å². The van der Waals surface area contributed by atoms with Crippen LogP contribution in [0, 0.1) is 11.3 Å². The van der Waals surface area contributed by atoms with Crippen molar-refractivity contribution in [1.29, 1.82) is 5.26 Å². The molecule has 0 aliphatic heterocycles. The fraction of sp³-hybridized carbons (Fsp3) is 0.182. The van der Waals surface area contributed by atoms with Crippen molar-refractivity contribution in [2.75, 3.05) is 6.61 Å². The summed E-state index contributed by atoms with van der Waals surface area (Å²) < 4.78 is 6.16. The Balaban J connectivity index is 2.72. The van der Waals surface area contributed by atoms with Gasteiger partial charge in [-0.15, -0.1) is 0 Å². The van der Waals surface area contributed by atoms with E-state index < -0.39 is 0 Å². The Hall–Kier alpha value is -1.27. The highest BCUT2D eigenvalue weighted by molar-refractivity contribution is 9.10. The third kappa shape index (κ3) is 2.90. The van der Waals surface area contributed by atoms with Gasteiger partial charge in [0.1, 0.15) is 18.4 Å². The topological polar surface area (TPSA) is 33.0 Å². The van der Waals surface area contributed by atoms with E-state index in [1.165, 1.54) is 0 Å². The lowest BCUT2D eigenvalue weighted by molar-refractivity contribution is 0.362. The molecule has 0 aliphatic carbocycles. The van der Waals surface area contributed by atoms with Gasteiger partial charge in [-0.05, 0) is 41.1 Å². The standard InChI is InChI=1S/C11H10BrNO/c1-2-3-6-14-10-5-4-9(8-13)11(12)7-10/h2-5,7H,6H2,1H3/b3-2+. The molecule has 3 heteroatoms. The Morgan fingerprint density at radius 2 is 2.36 bits per heavy atom. The fourth-order valence-electron chi connectivity index (χ4n) is 0.917. The second-order valence-electron chi connectivity index (χ2n) is 2.63. The smallest absolute Gasteiger partial charge is 0.120 e. The van der Waals surface area contributed by atoms with E-state index in [9.17, 15) is 0 Å². The van der Waals surface area contributed by atoms with Crippen LogP contribution in [0.2, 0.25) is 0 Å². The summed E-state index contributed by atoms with van der Waals surface area (Å²) in [5.41, 5.74) is 0.614. The summed E-state index contributed by atoms with van der Waals surface area (Å²) in [6, 6.07) is 7.38. The van der Waals surface area contributed by atoms with Crippen LogP contribution >= 0.6 is 15.9 Å². The first-order valence-electron chi connectivity index (χ1n) is 4.21.